The third-order valence-electron chi connectivity index (χ3n) is 5.38. The average molecular weight is 510 g/mol. The predicted octanol–water partition coefficient (Wildman–Crippen LogP) is 4.36. The van der Waals surface area contributed by atoms with E-state index in [-0.39, 0.29) is 10.2 Å². The van der Waals surface area contributed by atoms with Crippen LogP contribution in [0.2, 0.25) is 5.02 Å². The maximum Gasteiger partial charge on any atom is 0.266 e. The van der Waals surface area contributed by atoms with Crippen molar-refractivity contribution in [3.8, 4) is 0 Å². The molecule has 0 aliphatic carbocycles. The second kappa shape index (κ2) is 10.8. The van der Waals surface area contributed by atoms with Crippen LogP contribution in [0.1, 0.15) is 30.0 Å². The molecule has 1 unspecified atom stereocenters. The van der Waals surface area contributed by atoms with Crippen LogP contribution in [0, 0.1) is 5.82 Å². The number of fused-ring (bicyclic) bond motifs is 1. The van der Waals surface area contributed by atoms with E-state index in [0.717, 1.165) is 55.9 Å². The number of thiazole rings is 1. The fourth-order valence-corrected chi connectivity index (χ4v) is 5.89. The number of nitrogens with one attached hydrogen (secondary N) is 4. The van der Waals surface area contributed by atoms with E-state index in [4.69, 9.17) is 11.6 Å². The van der Waals surface area contributed by atoms with Crippen LogP contribution in [0.3, 0.4) is 0 Å². The summed E-state index contributed by atoms with van der Waals surface area (Å²) >= 11 is 7.32. The number of sulfonamides is 1. The molecule has 0 amide bonds. The van der Waals surface area contributed by atoms with Crippen molar-refractivity contribution in [2.45, 2.75) is 30.3 Å². The molecular formula is C22H25ClFN5O2S2. The zero-order valence-corrected chi connectivity index (χ0v) is 20.2. The highest BCUT2D eigenvalue weighted by Gasteiger charge is 2.23. The van der Waals surface area contributed by atoms with Crippen LogP contribution in [-0.2, 0) is 16.6 Å². The van der Waals surface area contributed by atoms with Gasteiger partial charge in [-0.1, -0.05) is 35.9 Å². The zero-order chi connectivity index (χ0) is 23.3. The number of halogens is 2. The lowest BCUT2D eigenvalue weighted by Gasteiger charge is -2.14. The SMILES string of the molecule is O=S(=O)(Nc1nccs1)c1cc(Cl)c(NCCCCNCC2NCc3ccccc32)cc1F. The minimum Gasteiger partial charge on any atom is -0.384 e. The summed E-state index contributed by atoms with van der Waals surface area (Å²) in [5.41, 5.74) is 3.08. The average Bonchev–Trinajstić information content (AvgIpc) is 3.44. The highest BCUT2D eigenvalue weighted by atomic mass is 35.5. The van der Waals surface area contributed by atoms with Crippen LogP contribution in [0.5, 0.6) is 0 Å². The minimum atomic E-state index is -4.12. The van der Waals surface area contributed by atoms with Crippen molar-refractivity contribution in [1.82, 2.24) is 15.6 Å². The fourth-order valence-electron chi connectivity index (χ4n) is 3.72. The molecule has 11 heteroatoms. The summed E-state index contributed by atoms with van der Waals surface area (Å²) in [5, 5.41) is 12.0. The molecule has 1 atom stereocenters. The highest BCUT2D eigenvalue weighted by molar-refractivity contribution is 7.93. The molecule has 4 rings (SSSR count). The van der Waals surface area contributed by atoms with E-state index in [1.165, 1.54) is 17.3 Å². The number of rotatable bonds is 11. The van der Waals surface area contributed by atoms with Crippen molar-refractivity contribution in [2.75, 3.05) is 29.7 Å². The Hall–Kier alpha value is -2.24. The van der Waals surface area contributed by atoms with Gasteiger partial charge in [0.2, 0.25) is 0 Å². The molecule has 0 bridgehead atoms. The molecule has 3 aromatic rings. The van der Waals surface area contributed by atoms with Gasteiger partial charge in [0.05, 0.1) is 10.7 Å². The summed E-state index contributed by atoms with van der Waals surface area (Å²) in [5.74, 6) is -0.878. The van der Waals surface area contributed by atoms with E-state index >= 15 is 0 Å². The van der Waals surface area contributed by atoms with Crippen molar-refractivity contribution >= 4 is 43.8 Å². The molecule has 1 aliphatic rings. The Morgan fingerprint density at radius 2 is 2.03 bits per heavy atom. The number of benzene rings is 2. The zero-order valence-electron chi connectivity index (χ0n) is 17.8. The van der Waals surface area contributed by atoms with Crippen LogP contribution in [0.4, 0.5) is 15.2 Å². The van der Waals surface area contributed by atoms with E-state index in [2.05, 4.69) is 49.9 Å². The fraction of sp³-hybridized carbons (Fsp3) is 0.318. The van der Waals surface area contributed by atoms with Gasteiger partial charge in [-0.2, -0.15) is 0 Å². The molecule has 33 heavy (non-hydrogen) atoms. The highest BCUT2D eigenvalue weighted by Crippen LogP contribution is 2.29. The van der Waals surface area contributed by atoms with Crippen LogP contribution >= 0.6 is 22.9 Å². The molecule has 0 fully saturated rings. The molecule has 0 saturated carbocycles. The smallest absolute Gasteiger partial charge is 0.266 e. The minimum absolute atomic E-state index is 0.139. The molecule has 4 N–H and O–H groups in total. The van der Waals surface area contributed by atoms with E-state index in [1.54, 1.807) is 5.38 Å². The Labute approximate surface area is 201 Å². The summed E-state index contributed by atoms with van der Waals surface area (Å²) in [6.07, 6.45) is 3.25. The Morgan fingerprint density at radius 1 is 1.21 bits per heavy atom. The third kappa shape index (κ3) is 6.01. The monoisotopic (exact) mass is 509 g/mol. The van der Waals surface area contributed by atoms with Gasteiger partial charge < -0.3 is 16.0 Å². The van der Waals surface area contributed by atoms with Gasteiger partial charge in [0.25, 0.3) is 10.0 Å². The number of aromatic nitrogens is 1. The van der Waals surface area contributed by atoms with Crippen molar-refractivity contribution in [1.29, 1.82) is 0 Å². The summed E-state index contributed by atoms with van der Waals surface area (Å²) < 4.78 is 41.6. The molecule has 0 spiro atoms. The van der Waals surface area contributed by atoms with Crippen molar-refractivity contribution < 1.29 is 12.8 Å². The second-order valence-electron chi connectivity index (χ2n) is 7.68. The van der Waals surface area contributed by atoms with E-state index in [0.29, 0.717) is 18.3 Å². The van der Waals surface area contributed by atoms with Gasteiger partial charge in [-0.05, 0) is 42.6 Å². The van der Waals surface area contributed by atoms with E-state index in [9.17, 15) is 12.8 Å². The van der Waals surface area contributed by atoms with Gasteiger partial charge in [-0.15, -0.1) is 11.3 Å². The van der Waals surface area contributed by atoms with Gasteiger partial charge in [-0.25, -0.2) is 17.8 Å². The van der Waals surface area contributed by atoms with E-state index < -0.39 is 20.7 Å². The van der Waals surface area contributed by atoms with Crippen LogP contribution in [-0.4, -0.2) is 33.0 Å². The van der Waals surface area contributed by atoms with Crippen LogP contribution in [0.25, 0.3) is 0 Å². The summed E-state index contributed by atoms with van der Waals surface area (Å²) in [6, 6.07) is 11.0. The van der Waals surface area contributed by atoms with Gasteiger partial charge in [0.15, 0.2) is 5.13 Å². The predicted molar refractivity (Wildman–Crippen MR) is 131 cm³/mol. The first-order chi connectivity index (χ1) is 15.9. The van der Waals surface area contributed by atoms with Crippen LogP contribution in [0.15, 0.2) is 52.9 Å². The number of anilines is 2. The first-order valence-electron chi connectivity index (χ1n) is 10.6. The molecule has 0 saturated heterocycles. The lowest BCUT2D eigenvalue weighted by molar-refractivity contribution is 0.515. The lowest BCUT2D eigenvalue weighted by Crippen LogP contribution is -2.28. The first-order valence-corrected chi connectivity index (χ1v) is 13.4. The molecule has 7 nitrogen and oxygen atoms in total. The Morgan fingerprint density at radius 3 is 2.85 bits per heavy atom. The largest absolute Gasteiger partial charge is 0.384 e. The number of hydrogen-bond acceptors (Lipinski definition) is 7. The van der Waals surface area contributed by atoms with Gasteiger partial charge in [0, 0.05) is 37.3 Å². The molecule has 1 aliphatic heterocycles. The number of hydrogen-bond donors (Lipinski definition) is 4. The topological polar surface area (TPSA) is 95.2 Å². The molecular weight excluding hydrogens is 485 g/mol. The summed E-state index contributed by atoms with van der Waals surface area (Å²) in [4.78, 5) is 3.34. The van der Waals surface area contributed by atoms with Gasteiger partial charge in [0.1, 0.15) is 10.7 Å². The molecule has 176 valence electrons. The molecule has 2 aromatic carbocycles. The second-order valence-corrected chi connectivity index (χ2v) is 10.6. The Kier molecular flexibility index (Phi) is 7.82. The number of nitrogens with zero attached hydrogens (tertiary/aromatic N) is 1. The van der Waals surface area contributed by atoms with Crippen molar-refractivity contribution in [3.63, 3.8) is 0 Å². The molecule has 1 aromatic heterocycles. The quantitative estimate of drug-likeness (QED) is 0.287. The van der Waals surface area contributed by atoms with Crippen molar-refractivity contribution in [3.05, 3.63) is 69.9 Å². The number of unbranched alkanes of at least 4 members (excludes halogenated alkanes) is 1. The summed E-state index contributed by atoms with van der Waals surface area (Å²) in [6.45, 7) is 3.23. The maximum absolute atomic E-state index is 14.5. The lowest BCUT2D eigenvalue weighted by atomic mass is 10.1. The third-order valence-corrected chi connectivity index (χ3v) is 7.86. The van der Waals surface area contributed by atoms with E-state index in [1.807, 2.05) is 0 Å². The summed E-state index contributed by atoms with van der Waals surface area (Å²) in [7, 11) is -4.12. The maximum atomic E-state index is 14.5. The standard InChI is InChI=1S/C22H25ClFN5O2S2/c23-17-11-21(33(30,31)29-22-27-9-10-32-22)18(24)12-19(17)26-8-4-3-7-25-14-20-16-6-2-1-5-15(16)13-28-20/h1-2,5-6,9-12,20,25-26,28H,3-4,7-8,13-14H2,(H,27,29). The normalized spacial score (nSPS) is 15.4. The Balaban J connectivity index is 1.21. The van der Waals surface area contributed by atoms with Crippen molar-refractivity contribution in [2.24, 2.45) is 0 Å². The van der Waals surface area contributed by atoms with Gasteiger partial charge in [-0.3, -0.25) is 4.72 Å². The first kappa shape index (κ1) is 23.9. The molecule has 0 radical (unpaired) electrons. The molecule has 2 heterocycles. The Bertz CT molecular complexity index is 1190. The van der Waals surface area contributed by atoms with Crippen LogP contribution < -0.4 is 20.7 Å². The van der Waals surface area contributed by atoms with Gasteiger partial charge >= 0.3 is 0 Å².